The summed E-state index contributed by atoms with van der Waals surface area (Å²) >= 11 is 0. The maximum atomic E-state index is 11.8. The van der Waals surface area contributed by atoms with Crippen LogP contribution in [-0.2, 0) is 19.4 Å². The third kappa shape index (κ3) is 2.98. The molecule has 0 N–H and O–H groups in total. The van der Waals surface area contributed by atoms with E-state index in [0.29, 0.717) is 16.9 Å². The summed E-state index contributed by atoms with van der Waals surface area (Å²) in [6.07, 6.45) is 3.13. The largest absolute Gasteiger partial charge is 0.489 e. The lowest BCUT2D eigenvalue weighted by Crippen LogP contribution is -2.05. The van der Waals surface area contributed by atoms with E-state index >= 15 is 0 Å². The standard InChI is InChI=1S/C19H15NO5/c21-19-9-14(11-24-16-6-2-5-15(10-16)20(22)23)17-7-12-3-1-4-13(12)8-18(17)25-19/h2,5-10H,1,3-4,11H2. The number of ether oxygens (including phenoxy) is 1. The molecule has 6 nitrogen and oxygen atoms in total. The molecule has 126 valence electrons. The fourth-order valence-electron chi connectivity index (χ4n) is 3.26. The summed E-state index contributed by atoms with van der Waals surface area (Å²) < 4.78 is 11.0. The van der Waals surface area contributed by atoms with Gasteiger partial charge in [-0.3, -0.25) is 10.1 Å². The Bertz CT molecular complexity index is 1040. The molecule has 0 spiro atoms. The van der Waals surface area contributed by atoms with E-state index in [4.69, 9.17) is 9.15 Å². The van der Waals surface area contributed by atoms with Crippen molar-refractivity contribution in [1.82, 2.24) is 0 Å². The Morgan fingerprint density at radius 3 is 2.72 bits per heavy atom. The molecular formula is C19H15NO5. The van der Waals surface area contributed by atoms with Gasteiger partial charge in [0, 0.05) is 23.1 Å². The van der Waals surface area contributed by atoms with Crippen LogP contribution in [0.3, 0.4) is 0 Å². The number of aryl methyl sites for hydroxylation is 2. The maximum Gasteiger partial charge on any atom is 0.336 e. The van der Waals surface area contributed by atoms with Crippen molar-refractivity contribution in [2.75, 3.05) is 0 Å². The van der Waals surface area contributed by atoms with Gasteiger partial charge in [0.15, 0.2) is 0 Å². The highest BCUT2D eigenvalue weighted by Gasteiger charge is 2.15. The van der Waals surface area contributed by atoms with Crippen molar-refractivity contribution < 1.29 is 14.1 Å². The van der Waals surface area contributed by atoms with Gasteiger partial charge in [-0.2, -0.15) is 0 Å². The van der Waals surface area contributed by atoms with Gasteiger partial charge in [0.2, 0.25) is 0 Å². The van der Waals surface area contributed by atoms with Crippen LogP contribution in [0, 0.1) is 10.1 Å². The predicted octanol–water partition coefficient (Wildman–Crippen LogP) is 3.77. The van der Waals surface area contributed by atoms with Crippen LogP contribution in [-0.4, -0.2) is 4.92 Å². The first-order chi connectivity index (χ1) is 12.1. The van der Waals surface area contributed by atoms with Crippen LogP contribution in [0.2, 0.25) is 0 Å². The number of hydrogen-bond donors (Lipinski definition) is 0. The maximum absolute atomic E-state index is 11.8. The number of benzene rings is 2. The molecule has 0 saturated carbocycles. The number of nitro groups is 1. The van der Waals surface area contributed by atoms with Gasteiger partial charge in [0.05, 0.1) is 11.0 Å². The fraction of sp³-hybridized carbons (Fsp3) is 0.211. The molecule has 4 rings (SSSR count). The molecule has 3 aromatic rings. The van der Waals surface area contributed by atoms with Gasteiger partial charge < -0.3 is 9.15 Å². The molecule has 0 amide bonds. The molecule has 0 bridgehead atoms. The number of nitro benzene ring substituents is 1. The van der Waals surface area contributed by atoms with Gasteiger partial charge >= 0.3 is 5.63 Å². The molecule has 6 heteroatoms. The second-order valence-corrected chi connectivity index (χ2v) is 6.10. The third-order valence-electron chi connectivity index (χ3n) is 4.47. The van der Waals surface area contributed by atoms with Crippen molar-refractivity contribution in [2.24, 2.45) is 0 Å². The normalized spacial score (nSPS) is 13.0. The van der Waals surface area contributed by atoms with Crippen molar-refractivity contribution in [3.05, 3.63) is 79.7 Å². The predicted molar refractivity (Wildman–Crippen MR) is 91.9 cm³/mol. The lowest BCUT2D eigenvalue weighted by molar-refractivity contribution is -0.384. The van der Waals surface area contributed by atoms with Gasteiger partial charge in [0.1, 0.15) is 17.9 Å². The number of rotatable bonds is 4. The highest BCUT2D eigenvalue weighted by atomic mass is 16.6. The molecule has 0 unspecified atom stereocenters. The highest BCUT2D eigenvalue weighted by Crippen LogP contribution is 2.29. The summed E-state index contributed by atoms with van der Waals surface area (Å²) in [5.74, 6) is 0.386. The van der Waals surface area contributed by atoms with Gasteiger partial charge in [-0.15, -0.1) is 0 Å². The van der Waals surface area contributed by atoms with E-state index in [2.05, 4.69) is 6.07 Å². The molecule has 1 aromatic heterocycles. The van der Waals surface area contributed by atoms with Crippen molar-refractivity contribution >= 4 is 16.7 Å². The Labute approximate surface area is 142 Å². The summed E-state index contributed by atoms with van der Waals surface area (Å²) in [5.41, 5.74) is 3.32. The van der Waals surface area contributed by atoms with E-state index in [1.54, 1.807) is 12.1 Å². The van der Waals surface area contributed by atoms with Crippen LogP contribution in [0.15, 0.2) is 51.7 Å². The van der Waals surface area contributed by atoms with Crippen LogP contribution >= 0.6 is 0 Å². The first kappa shape index (κ1) is 15.4. The molecule has 1 aliphatic carbocycles. The number of non-ortho nitro benzene ring substituents is 1. The molecular weight excluding hydrogens is 322 g/mol. The van der Waals surface area contributed by atoms with E-state index in [-0.39, 0.29) is 12.3 Å². The van der Waals surface area contributed by atoms with Crippen molar-refractivity contribution in [2.45, 2.75) is 25.9 Å². The summed E-state index contributed by atoms with van der Waals surface area (Å²) in [6, 6.07) is 11.4. The van der Waals surface area contributed by atoms with Crippen LogP contribution in [0.1, 0.15) is 23.1 Å². The minimum atomic E-state index is -0.470. The SMILES string of the molecule is O=c1cc(COc2cccc([N+](=O)[O-])c2)c2cc3c(cc2o1)CCC3. The summed E-state index contributed by atoms with van der Waals surface area (Å²) in [5, 5.41) is 11.7. The van der Waals surface area contributed by atoms with Gasteiger partial charge in [-0.05, 0) is 48.6 Å². The zero-order valence-electron chi connectivity index (χ0n) is 13.4. The van der Waals surface area contributed by atoms with E-state index in [1.165, 1.54) is 29.3 Å². The van der Waals surface area contributed by atoms with Crippen LogP contribution in [0.5, 0.6) is 5.75 Å². The Morgan fingerprint density at radius 1 is 1.12 bits per heavy atom. The second kappa shape index (κ2) is 6.05. The van der Waals surface area contributed by atoms with Crippen LogP contribution in [0.4, 0.5) is 5.69 Å². The van der Waals surface area contributed by atoms with Gasteiger partial charge in [-0.1, -0.05) is 6.07 Å². The smallest absolute Gasteiger partial charge is 0.336 e. The Morgan fingerprint density at radius 2 is 1.92 bits per heavy atom. The molecule has 0 aliphatic heterocycles. The minimum Gasteiger partial charge on any atom is -0.489 e. The summed E-state index contributed by atoms with van der Waals surface area (Å²) in [7, 11) is 0. The molecule has 0 atom stereocenters. The first-order valence-electron chi connectivity index (χ1n) is 8.06. The van der Waals surface area contributed by atoms with Gasteiger partial charge in [0.25, 0.3) is 5.69 Å². The lowest BCUT2D eigenvalue weighted by Gasteiger charge is -2.10. The topological polar surface area (TPSA) is 82.6 Å². The number of nitrogens with zero attached hydrogens (tertiary/aromatic N) is 1. The van der Waals surface area contributed by atoms with E-state index < -0.39 is 10.5 Å². The molecule has 0 fully saturated rings. The first-order valence-corrected chi connectivity index (χ1v) is 8.06. The molecule has 25 heavy (non-hydrogen) atoms. The Balaban J connectivity index is 1.68. The van der Waals surface area contributed by atoms with Gasteiger partial charge in [-0.25, -0.2) is 4.79 Å². The average molecular weight is 337 g/mol. The number of hydrogen-bond acceptors (Lipinski definition) is 5. The molecule has 1 heterocycles. The fourth-order valence-corrected chi connectivity index (χ4v) is 3.26. The Kier molecular flexibility index (Phi) is 3.72. The van der Waals surface area contributed by atoms with Crippen molar-refractivity contribution in [3.63, 3.8) is 0 Å². The average Bonchev–Trinajstić information content (AvgIpc) is 3.05. The molecule has 0 radical (unpaired) electrons. The third-order valence-corrected chi connectivity index (χ3v) is 4.47. The summed E-state index contributed by atoms with van der Waals surface area (Å²) in [6.45, 7) is 0.141. The molecule has 2 aromatic carbocycles. The van der Waals surface area contributed by atoms with Crippen molar-refractivity contribution in [1.29, 1.82) is 0 Å². The van der Waals surface area contributed by atoms with E-state index in [0.717, 1.165) is 24.6 Å². The quantitative estimate of drug-likeness (QED) is 0.411. The summed E-state index contributed by atoms with van der Waals surface area (Å²) in [4.78, 5) is 22.2. The minimum absolute atomic E-state index is 0.0345. The zero-order valence-corrected chi connectivity index (χ0v) is 13.4. The van der Waals surface area contributed by atoms with Crippen LogP contribution in [0.25, 0.3) is 11.0 Å². The van der Waals surface area contributed by atoms with E-state index in [1.807, 2.05) is 6.07 Å². The van der Waals surface area contributed by atoms with E-state index in [9.17, 15) is 14.9 Å². The molecule has 0 saturated heterocycles. The monoisotopic (exact) mass is 337 g/mol. The molecule has 1 aliphatic rings. The zero-order chi connectivity index (χ0) is 17.4. The lowest BCUT2D eigenvalue weighted by atomic mass is 10.0. The second-order valence-electron chi connectivity index (χ2n) is 6.10. The number of fused-ring (bicyclic) bond motifs is 2. The van der Waals surface area contributed by atoms with Crippen molar-refractivity contribution in [3.8, 4) is 5.75 Å². The van der Waals surface area contributed by atoms with Crippen LogP contribution < -0.4 is 10.4 Å². The Hall–Kier alpha value is -3.15. The highest BCUT2D eigenvalue weighted by molar-refractivity contribution is 5.82.